The number of benzene rings is 1. The molecule has 7 nitrogen and oxygen atoms in total. The highest BCUT2D eigenvalue weighted by Crippen LogP contribution is 2.25. The van der Waals surface area contributed by atoms with Gasteiger partial charge in [-0.3, -0.25) is 14.5 Å². The van der Waals surface area contributed by atoms with Crippen LogP contribution >= 0.6 is 0 Å². The van der Waals surface area contributed by atoms with Gasteiger partial charge in [-0.2, -0.15) is 5.10 Å². The molecule has 7 heteroatoms. The lowest BCUT2D eigenvalue weighted by Gasteiger charge is -2.12. The first-order chi connectivity index (χ1) is 12.6. The molecule has 0 unspecified atom stereocenters. The van der Waals surface area contributed by atoms with Gasteiger partial charge in [0, 0.05) is 37.6 Å². The molecule has 0 bridgehead atoms. The van der Waals surface area contributed by atoms with Gasteiger partial charge in [0.25, 0.3) is 5.91 Å². The molecule has 0 fully saturated rings. The van der Waals surface area contributed by atoms with E-state index in [-0.39, 0.29) is 5.91 Å². The third-order valence-electron chi connectivity index (χ3n) is 3.96. The Labute approximate surface area is 151 Å². The van der Waals surface area contributed by atoms with E-state index < -0.39 is 0 Å². The van der Waals surface area contributed by atoms with Crippen LogP contribution in [-0.2, 0) is 13.6 Å². The van der Waals surface area contributed by atoms with Crippen molar-refractivity contribution < 1.29 is 14.3 Å². The molecule has 1 N–H and O–H groups in total. The quantitative estimate of drug-likeness (QED) is 0.737. The lowest BCUT2D eigenvalue weighted by atomic mass is 10.1. The van der Waals surface area contributed by atoms with Crippen molar-refractivity contribution >= 4 is 5.91 Å². The van der Waals surface area contributed by atoms with Gasteiger partial charge in [-0.15, -0.1) is 0 Å². The fourth-order valence-electron chi connectivity index (χ4n) is 2.64. The molecule has 0 saturated heterocycles. The van der Waals surface area contributed by atoms with Gasteiger partial charge in [0.1, 0.15) is 11.5 Å². The summed E-state index contributed by atoms with van der Waals surface area (Å²) in [6.07, 6.45) is 5.36. The Kier molecular flexibility index (Phi) is 5.17. The van der Waals surface area contributed by atoms with Crippen molar-refractivity contribution in [1.82, 2.24) is 20.1 Å². The normalized spacial score (nSPS) is 10.4. The smallest absolute Gasteiger partial charge is 0.255 e. The number of ether oxygens (including phenoxy) is 2. The molecule has 0 atom stereocenters. The Hall–Kier alpha value is -3.35. The zero-order valence-corrected chi connectivity index (χ0v) is 14.9. The van der Waals surface area contributed by atoms with E-state index >= 15 is 0 Å². The monoisotopic (exact) mass is 352 g/mol. The van der Waals surface area contributed by atoms with Crippen LogP contribution in [0.5, 0.6) is 11.5 Å². The molecule has 0 aliphatic rings. The number of carbonyl (C=O) groups excluding carboxylic acids is 1. The van der Waals surface area contributed by atoms with Crippen LogP contribution in [0.15, 0.2) is 48.9 Å². The molecule has 3 aromatic rings. The lowest BCUT2D eigenvalue weighted by Crippen LogP contribution is -2.23. The fraction of sp³-hybridized carbons (Fsp3) is 0.211. The summed E-state index contributed by atoms with van der Waals surface area (Å²) < 4.78 is 12.2. The van der Waals surface area contributed by atoms with Crippen LogP contribution in [0.3, 0.4) is 0 Å². The van der Waals surface area contributed by atoms with Crippen molar-refractivity contribution in [2.45, 2.75) is 6.54 Å². The van der Waals surface area contributed by atoms with Crippen LogP contribution < -0.4 is 14.8 Å². The van der Waals surface area contributed by atoms with Crippen molar-refractivity contribution in [2.75, 3.05) is 14.2 Å². The van der Waals surface area contributed by atoms with E-state index in [1.54, 1.807) is 42.4 Å². The van der Waals surface area contributed by atoms with Crippen LogP contribution in [0.25, 0.3) is 11.3 Å². The maximum Gasteiger partial charge on any atom is 0.255 e. The van der Waals surface area contributed by atoms with E-state index in [0.29, 0.717) is 23.6 Å². The van der Waals surface area contributed by atoms with E-state index in [4.69, 9.17) is 9.47 Å². The second-order valence-electron chi connectivity index (χ2n) is 5.66. The van der Waals surface area contributed by atoms with Crippen molar-refractivity contribution in [2.24, 2.45) is 7.05 Å². The highest BCUT2D eigenvalue weighted by molar-refractivity contribution is 5.97. The Morgan fingerprint density at radius 1 is 1.23 bits per heavy atom. The van der Waals surface area contributed by atoms with Crippen molar-refractivity contribution in [1.29, 1.82) is 0 Å². The van der Waals surface area contributed by atoms with E-state index in [0.717, 1.165) is 16.8 Å². The average Bonchev–Trinajstić information content (AvgIpc) is 3.11. The molecule has 3 rings (SSSR count). The molecular weight excluding hydrogens is 332 g/mol. The van der Waals surface area contributed by atoms with Crippen molar-refractivity contribution in [3.8, 4) is 22.8 Å². The van der Waals surface area contributed by atoms with Crippen LogP contribution in [-0.4, -0.2) is 34.9 Å². The fourth-order valence-corrected chi connectivity index (χ4v) is 2.64. The Bertz CT molecular complexity index is 921. The standard InChI is InChI=1S/C19H20N4O3/c1-23-12-14(11-22-23)18-13(5-4-8-20-18)10-21-19(24)16-7-6-15(25-2)9-17(16)26-3/h4-9,11-12H,10H2,1-3H3,(H,21,24). The topological polar surface area (TPSA) is 78.3 Å². The first-order valence-electron chi connectivity index (χ1n) is 8.05. The van der Waals surface area contributed by atoms with Gasteiger partial charge in [-0.05, 0) is 23.8 Å². The third-order valence-corrected chi connectivity index (χ3v) is 3.96. The van der Waals surface area contributed by atoms with Gasteiger partial charge in [-0.1, -0.05) is 6.07 Å². The molecular formula is C19H20N4O3. The summed E-state index contributed by atoms with van der Waals surface area (Å²) in [6.45, 7) is 0.339. The number of amides is 1. The lowest BCUT2D eigenvalue weighted by molar-refractivity contribution is 0.0948. The van der Waals surface area contributed by atoms with Gasteiger partial charge < -0.3 is 14.8 Å². The molecule has 0 spiro atoms. The number of pyridine rings is 1. The summed E-state index contributed by atoms with van der Waals surface area (Å²) >= 11 is 0. The van der Waals surface area contributed by atoms with Gasteiger partial charge in [-0.25, -0.2) is 0 Å². The molecule has 26 heavy (non-hydrogen) atoms. The molecule has 0 saturated carbocycles. The highest BCUT2D eigenvalue weighted by atomic mass is 16.5. The second-order valence-corrected chi connectivity index (χ2v) is 5.66. The van der Waals surface area contributed by atoms with Crippen molar-refractivity contribution in [3.05, 3.63) is 60.0 Å². The second kappa shape index (κ2) is 7.69. The first kappa shape index (κ1) is 17.5. The number of nitrogens with zero attached hydrogens (tertiary/aromatic N) is 3. The van der Waals surface area contributed by atoms with Gasteiger partial charge in [0.15, 0.2) is 0 Å². The summed E-state index contributed by atoms with van der Waals surface area (Å²) in [7, 11) is 4.94. The van der Waals surface area contributed by atoms with Crippen LogP contribution in [0, 0.1) is 0 Å². The highest BCUT2D eigenvalue weighted by Gasteiger charge is 2.14. The van der Waals surface area contributed by atoms with E-state index in [9.17, 15) is 4.79 Å². The number of methoxy groups -OCH3 is 2. The molecule has 1 aromatic carbocycles. The zero-order valence-electron chi connectivity index (χ0n) is 14.9. The minimum atomic E-state index is -0.231. The van der Waals surface area contributed by atoms with Crippen LogP contribution in [0.1, 0.15) is 15.9 Å². The van der Waals surface area contributed by atoms with Crippen LogP contribution in [0.2, 0.25) is 0 Å². The molecule has 1 amide bonds. The van der Waals surface area contributed by atoms with E-state index in [2.05, 4.69) is 15.4 Å². The molecule has 0 aliphatic carbocycles. The predicted octanol–water partition coefficient (Wildman–Crippen LogP) is 2.43. The SMILES string of the molecule is COc1ccc(C(=O)NCc2cccnc2-c2cnn(C)c2)c(OC)c1. The maximum absolute atomic E-state index is 12.6. The van der Waals surface area contributed by atoms with Gasteiger partial charge in [0.05, 0.1) is 31.7 Å². The number of carbonyl (C=O) groups is 1. The largest absolute Gasteiger partial charge is 0.497 e. The van der Waals surface area contributed by atoms with Gasteiger partial charge >= 0.3 is 0 Å². The number of rotatable bonds is 6. The summed E-state index contributed by atoms with van der Waals surface area (Å²) in [6, 6.07) is 8.86. The Morgan fingerprint density at radius 3 is 2.77 bits per heavy atom. The Balaban J connectivity index is 1.79. The summed E-state index contributed by atoms with van der Waals surface area (Å²) in [5.74, 6) is 0.857. The molecule has 2 heterocycles. The third kappa shape index (κ3) is 3.66. The summed E-state index contributed by atoms with van der Waals surface area (Å²) in [5, 5.41) is 7.09. The van der Waals surface area contributed by atoms with E-state index in [1.165, 1.54) is 7.11 Å². The average molecular weight is 352 g/mol. The summed E-state index contributed by atoms with van der Waals surface area (Å²) in [5.41, 5.74) is 3.04. The minimum absolute atomic E-state index is 0.231. The van der Waals surface area contributed by atoms with Gasteiger partial charge in [0.2, 0.25) is 0 Å². The van der Waals surface area contributed by atoms with Crippen molar-refractivity contribution in [3.63, 3.8) is 0 Å². The number of aryl methyl sites for hydroxylation is 1. The minimum Gasteiger partial charge on any atom is -0.497 e. The Morgan fingerprint density at radius 2 is 2.08 bits per heavy atom. The first-order valence-corrected chi connectivity index (χ1v) is 8.05. The number of hydrogen-bond donors (Lipinski definition) is 1. The molecule has 0 radical (unpaired) electrons. The zero-order chi connectivity index (χ0) is 18.5. The number of nitrogens with one attached hydrogen (secondary N) is 1. The predicted molar refractivity (Wildman–Crippen MR) is 97.2 cm³/mol. The molecule has 2 aromatic heterocycles. The molecule has 134 valence electrons. The van der Waals surface area contributed by atoms with E-state index in [1.807, 2.05) is 25.4 Å². The number of aromatic nitrogens is 3. The van der Waals surface area contributed by atoms with Crippen LogP contribution in [0.4, 0.5) is 0 Å². The summed E-state index contributed by atoms with van der Waals surface area (Å²) in [4.78, 5) is 17.0. The maximum atomic E-state index is 12.6. The number of hydrogen-bond acceptors (Lipinski definition) is 5. The molecule has 0 aliphatic heterocycles.